The molecule has 0 aliphatic heterocycles. The highest BCUT2D eigenvalue weighted by Gasteiger charge is 2.38. The summed E-state index contributed by atoms with van der Waals surface area (Å²) in [4.78, 5) is 41.7. The van der Waals surface area contributed by atoms with Crippen molar-refractivity contribution in [2.75, 3.05) is 11.1 Å². The normalized spacial score (nSPS) is 13.8. The van der Waals surface area contributed by atoms with E-state index in [1.165, 1.54) is 4.90 Å². The molecule has 0 heterocycles. The van der Waals surface area contributed by atoms with Crippen molar-refractivity contribution in [1.82, 2.24) is 10.2 Å². The molecule has 3 unspecified atom stereocenters. The standard InChI is InChI=1S/C27H36ClN3O4S/c1-7-18(3)31(25(33)21(16-36)29-26(34)35-27(4,5)6)23(19-13-9-8-10-14-19)24(32)30-22-17(2)12-11-15-20(22)28/h8-15,18,21,23,36H,7,16H2,1-6H3,(H,29,34)(H,30,32). The highest BCUT2D eigenvalue weighted by atomic mass is 35.5. The number of carbonyl (C=O) groups is 3. The smallest absolute Gasteiger partial charge is 0.408 e. The SMILES string of the molecule is CCC(C)N(C(=O)C(CS)NC(=O)OC(C)(C)C)C(C(=O)Nc1c(C)cccc1Cl)c1ccccc1. The number of hydrogen-bond donors (Lipinski definition) is 3. The Kier molecular flexibility index (Phi) is 10.7. The summed E-state index contributed by atoms with van der Waals surface area (Å²) in [6.07, 6.45) is -0.148. The number of rotatable bonds is 9. The molecule has 0 aromatic heterocycles. The first-order valence-electron chi connectivity index (χ1n) is 11.9. The molecule has 3 amide bonds. The molecule has 0 saturated carbocycles. The van der Waals surface area contributed by atoms with Gasteiger partial charge in [-0.25, -0.2) is 4.79 Å². The highest BCUT2D eigenvalue weighted by molar-refractivity contribution is 7.80. The number of thiol groups is 1. The summed E-state index contributed by atoms with van der Waals surface area (Å²) in [7, 11) is 0. The predicted octanol–water partition coefficient (Wildman–Crippen LogP) is 5.78. The minimum atomic E-state index is -1.00. The van der Waals surface area contributed by atoms with Crippen molar-refractivity contribution in [1.29, 1.82) is 0 Å². The van der Waals surface area contributed by atoms with Gasteiger partial charge in [0.15, 0.2) is 0 Å². The maximum Gasteiger partial charge on any atom is 0.408 e. The molecule has 0 saturated heterocycles. The summed E-state index contributed by atoms with van der Waals surface area (Å²) in [5.74, 6) is -0.830. The zero-order valence-electron chi connectivity index (χ0n) is 21.7. The topological polar surface area (TPSA) is 87.7 Å². The van der Waals surface area contributed by atoms with E-state index in [0.29, 0.717) is 22.7 Å². The van der Waals surface area contributed by atoms with Crippen LogP contribution in [0.4, 0.5) is 10.5 Å². The number of anilines is 1. The summed E-state index contributed by atoms with van der Waals surface area (Å²) < 4.78 is 5.34. The van der Waals surface area contributed by atoms with Crippen molar-refractivity contribution in [3.63, 3.8) is 0 Å². The predicted molar refractivity (Wildman–Crippen MR) is 148 cm³/mol. The fourth-order valence-electron chi connectivity index (χ4n) is 3.67. The van der Waals surface area contributed by atoms with Crippen LogP contribution in [-0.4, -0.2) is 46.2 Å². The number of ether oxygens (including phenoxy) is 1. The molecule has 2 aromatic rings. The van der Waals surface area contributed by atoms with Crippen molar-refractivity contribution >= 4 is 47.8 Å². The molecule has 0 spiro atoms. The summed E-state index contributed by atoms with van der Waals surface area (Å²) >= 11 is 10.7. The second kappa shape index (κ2) is 13.0. The van der Waals surface area contributed by atoms with Crippen LogP contribution in [0.2, 0.25) is 5.02 Å². The van der Waals surface area contributed by atoms with E-state index in [2.05, 4.69) is 23.3 Å². The summed E-state index contributed by atoms with van der Waals surface area (Å²) in [5.41, 5.74) is 1.18. The molecule has 9 heteroatoms. The second-order valence-electron chi connectivity index (χ2n) is 9.62. The molecule has 0 aliphatic rings. The molecule has 0 aliphatic carbocycles. The molecule has 2 N–H and O–H groups in total. The maximum atomic E-state index is 13.9. The third-order valence-corrected chi connectivity index (χ3v) is 6.28. The fraction of sp³-hybridized carbons (Fsp3) is 0.444. The average molecular weight is 534 g/mol. The monoisotopic (exact) mass is 533 g/mol. The number of alkyl carbamates (subject to hydrolysis) is 1. The van der Waals surface area contributed by atoms with E-state index >= 15 is 0 Å². The van der Waals surface area contributed by atoms with E-state index in [1.807, 2.05) is 45.0 Å². The van der Waals surface area contributed by atoms with E-state index in [0.717, 1.165) is 5.56 Å². The van der Waals surface area contributed by atoms with E-state index in [1.54, 1.807) is 45.0 Å². The molecule has 36 heavy (non-hydrogen) atoms. The largest absolute Gasteiger partial charge is 0.444 e. The Hall–Kier alpha value is -2.71. The van der Waals surface area contributed by atoms with Gasteiger partial charge in [0.25, 0.3) is 5.91 Å². The Morgan fingerprint density at radius 3 is 2.25 bits per heavy atom. The molecule has 0 radical (unpaired) electrons. The van der Waals surface area contributed by atoms with Gasteiger partial charge in [0, 0.05) is 11.8 Å². The summed E-state index contributed by atoms with van der Waals surface area (Å²) in [5, 5.41) is 5.94. The Labute approximate surface area is 224 Å². The minimum absolute atomic E-state index is 0.0256. The molecular weight excluding hydrogens is 498 g/mol. The molecule has 2 rings (SSSR count). The molecule has 3 atom stereocenters. The fourth-order valence-corrected chi connectivity index (χ4v) is 4.18. The quantitative estimate of drug-likeness (QED) is 0.357. The van der Waals surface area contributed by atoms with Gasteiger partial charge in [-0.05, 0) is 58.2 Å². The van der Waals surface area contributed by atoms with Crippen molar-refractivity contribution < 1.29 is 19.1 Å². The maximum absolute atomic E-state index is 13.9. The molecule has 2 aromatic carbocycles. The minimum Gasteiger partial charge on any atom is -0.444 e. The van der Waals surface area contributed by atoms with Crippen LogP contribution in [-0.2, 0) is 14.3 Å². The van der Waals surface area contributed by atoms with Crippen LogP contribution in [0.5, 0.6) is 0 Å². The average Bonchev–Trinajstić information content (AvgIpc) is 2.81. The van der Waals surface area contributed by atoms with Crippen LogP contribution in [0.25, 0.3) is 0 Å². The number of nitrogens with zero attached hydrogens (tertiary/aromatic N) is 1. The number of amides is 3. The third-order valence-electron chi connectivity index (χ3n) is 5.60. The number of carbonyl (C=O) groups excluding carboxylic acids is 3. The van der Waals surface area contributed by atoms with Crippen LogP contribution in [0.3, 0.4) is 0 Å². The Bertz CT molecular complexity index is 1040. The lowest BCUT2D eigenvalue weighted by Crippen LogP contribution is -2.55. The van der Waals surface area contributed by atoms with Gasteiger partial charge >= 0.3 is 6.09 Å². The van der Waals surface area contributed by atoms with Gasteiger partial charge in [0.2, 0.25) is 5.91 Å². The zero-order chi connectivity index (χ0) is 27.0. The summed E-state index contributed by atoms with van der Waals surface area (Å²) in [6.45, 7) is 10.9. The van der Waals surface area contributed by atoms with Crippen LogP contribution in [0.1, 0.15) is 58.2 Å². The molecule has 196 valence electrons. The van der Waals surface area contributed by atoms with Crippen molar-refractivity contribution in [2.24, 2.45) is 0 Å². The van der Waals surface area contributed by atoms with Crippen LogP contribution < -0.4 is 10.6 Å². The van der Waals surface area contributed by atoms with Gasteiger partial charge in [-0.1, -0.05) is 61.0 Å². The highest BCUT2D eigenvalue weighted by Crippen LogP contribution is 2.30. The van der Waals surface area contributed by atoms with Crippen molar-refractivity contribution in [2.45, 2.75) is 71.7 Å². The Balaban J connectivity index is 2.50. The number of benzene rings is 2. The zero-order valence-corrected chi connectivity index (χ0v) is 23.3. The molecular formula is C27H36ClN3O4S. The van der Waals surface area contributed by atoms with E-state index in [-0.39, 0.29) is 11.8 Å². The van der Waals surface area contributed by atoms with Crippen molar-refractivity contribution in [3.05, 3.63) is 64.7 Å². The second-order valence-corrected chi connectivity index (χ2v) is 10.4. The number of aryl methyl sites for hydroxylation is 1. The number of hydrogen-bond acceptors (Lipinski definition) is 5. The van der Waals surface area contributed by atoms with E-state index in [9.17, 15) is 14.4 Å². The molecule has 0 fully saturated rings. The van der Waals surface area contributed by atoms with Gasteiger partial charge < -0.3 is 20.3 Å². The van der Waals surface area contributed by atoms with Gasteiger partial charge in [-0.15, -0.1) is 0 Å². The lowest BCUT2D eigenvalue weighted by atomic mass is 10.00. The van der Waals surface area contributed by atoms with E-state index in [4.69, 9.17) is 16.3 Å². The van der Waals surface area contributed by atoms with Gasteiger partial charge in [0.05, 0.1) is 10.7 Å². The van der Waals surface area contributed by atoms with Crippen LogP contribution in [0.15, 0.2) is 48.5 Å². The molecule has 0 bridgehead atoms. The van der Waals surface area contributed by atoms with Crippen LogP contribution in [0, 0.1) is 6.92 Å². The van der Waals surface area contributed by atoms with Gasteiger partial charge in [0.1, 0.15) is 17.7 Å². The Morgan fingerprint density at radius 2 is 1.72 bits per heavy atom. The molecule has 7 nitrogen and oxygen atoms in total. The first-order chi connectivity index (χ1) is 16.9. The first-order valence-corrected chi connectivity index (χ1v) is 12.9. The number of para-hydroxylation sites is 1. The van der Waals surface area contributed by atoms with Gasteiger partial charge in [-0.3, -0.25) is 9.59 Å². The lowest BCUT2D eigenvalue weighted by Gasteiger charge is -2.38. The third kappa shape index (κ3) is 7.90. The first kappa shape index (κ1) is 29.5. The van der Waals surface area contributed by atoms with Gasteiger partial charge in [-0.2, -0.15) is 12.6 Å². The van der Waals surface area contributed by atoms with E-state index < -0.39 is 35.6 Å². The lowest BCUT2D eigenvalue weighted by molar-refractivity contribution is -0.142. The summed E-state index contributed by atoms with van der Waals surface area (Å²) in [6, 6.07) is 12.1. The van der Waals surface area contributed by atoms with Crippen LogP contribution >= 0.6 is 24.2 Å². The Morgan fingerprint density at radius 1 is 1.08 bits per heavy atom. The number of nitrogens with one attached hydrogen (secondary N) is 2. The van der Waals surface area contributed by atoms with Crippen molar-refractivity contribution in [3.8, 4) is 0 Å². The number of halogens is 1.